The van der Waals surface area contributed by atoms with E-state index in [1.165, 1.54) is 4.88 Å². The van der Waals surface area contributed by atoms with Crippen molar-refractivity contribution in [2.75, 3.05) is 26.0 Å². The minimum atomic E-state index is -2.41. The standard InChI is InChI=1S/C16H19F2N3S3/c1-21(2)13(14-4-3-9-23-14)10-19-16(22)20-11-5-7-12(8-6-11)24-15(17)18/h3-9,13,15H,10H2,1-2H3,(H2,19,20,22)/t13-/m1/s1. The smallest absolute Gasteiger partial charge is 0.288 e. The molecule has 2 aromatic rings. The number of hydrogen-bond donors (Lipinski definition) is 2. The highest BCUT2D eigenvalue weighted by Gasteiger charge is 2.15. The van der Waals surface area contributed by atoms with Crippen molar-refractivity contribution in [3.8, 4) is 0 Å². The van der Waals surface area contributed by atoms with Gasteiger partial charge in [-0.25, -0.2) is 0 Å². The van der Waals surface area contributed by atoms with Crippen LogP contribution in [0.2, 0.25) is 0 Å². The van der Waals surface area contributed by atoms with Crippen LogP contribution in [0.1, 0.15) is 10.9 Å². The van der Waals surface area contributed by atoms with Crippen molar-refractivity contribution in [3.63, 3.8) is 0 Å². The molecular weight excluding hydrogens is 368 g/mol. The van der Waals surface area contributed by atoms with Gasteiger partial charge in [-0.3, -0.25) is 0 Å². The summed E-state index contributed by atoms with van der Waals surface area (Å²) in [5, 5.41) is 8.84. The van der Waals surface area contributed by atoms with Crippen molar-refractivity contribution < 1.29 is 8.78 Å². The molecule has 0 spiro atoms. The third kappa shape index (κ3) is 6.01. The third-order valence-electron chi connectivity index (χ3n) is 3.29. The van der Waals surface area contributed by atoms with E-state index in [9.17, 15) is 8.78 Å². The molecule has 0 bridgehead atoms. The Labute approximate surface area is 154 Å². The molecule has 2 N–H and O–H groups in total. The second kappa shape index (κ2) is 9.31. The van der Waals surface area contributed by atoms with Crippen molar-refractivity contribution in [1.82, 2.24) is 10.2 Å². The van der Waals surface area contributed by atoms with Gasteiger partial charge in [0.2, 0.25) is 0 Å². The molecule has 1 aromatic heterocycles. The zero-order chi connectivity index (χ0) is 17.5. The van der Waals surface area contributed by atoms with Crippen molar-refractivity contribution >= 4 is 46.1 Å². The molecule has 0 fully saturated rings. The van der Waals surface area contributed by atoms with E-state index in [2.05, 4.69) is 27.0 Å². The summed E-state index contributed by atoms with van der Waals surface area (Å²) in [6.07, 6.45) is 0. The van der Waals surface area contributed by atoms with E-state index in [1.807, 2.05) is 20.2 Å². The molecule has 0 saturated carbocycles. The Morgan fingerprint density at radius 3 is 2.50 bits per heavy atom. The van der Waals surface area contributed by atoms with Crippen LogP contribution in [0.25, 0.3) is 0 Å². The van der Waals surface area contributed by atoms with Crippen molar-refractivity contribution in [2.24, 2.45) is 0 Å². The van der Waals surface area contributed by atoms with Crippen molar-refractivity contribution in [3.05, 3.63) is 46.7 Å². The summed E-state index contributed by atoms with van der Waals surface area (Å²) >= 11 is 7.55. The second-order valence-corrected chi connectivity index (χ2v) is 7.68. The molecule has 8 heteroatoms. The van der Waals surface area contributed by atoms with Gasteiger partial charge in [-0.1, -0.05) is 17.8 Å². The van der Waals surface area contributed by atoms with Gasteiger partial charge in [0.25, 0.3) is 5.76 Å². The van der Waals surface area contributed by atoms with Crippen LogP contribution in [0.3, 0.4) is 0 Å². The summed E-state index contributed by atoms with van der Waals surface area (Å²) in [6.45, 7) is 0.679. The number of thioether (sulfide) groups is 1. The van der Waals surface area contributed by atoms with Crippen LogP contribution in [0, 0.1) is 0 Å². The molecule has 130 valence electrons. The van der Waals surface area contributed by atoms with Gasteiger partial charge >= 0.3 is 0 Å². The molecule has 0 saturated heterocycles. The first-order valence-corrected chi connectivity index (χ1v) is 9.42. The van der Waals surface area contributed by atoms with Crippen LogP contribution in [0.15, 0.2) is 46.7 Å². The quantitative estimate of drug-likeness (QED) is 0.533. The molecule has 0 amide bonds. The van der Waals surface area contributed by atoms with Crippen LogP contribution in [-0.2, 0) is 0 Å². The lowest BCUT2D eigenvalue weighted by atomic mass is 10.2. The molecule has 1 heterocycles. The van der Waals surface area contributed by atoms with Gasteiger partial charge in [-0.05, 0) is 62.0 Å². The second-order valence-electron chi connectivity index (χ2n) is 5.23. The summed E-state index contributed by atoms with van der Waals surface area (Å²) in [4.78, 5) is 3.93. The predicted octanol–water partition coefficient (Wildman–Crippen LogP) is 4.65. The minimum Gasteiger partial charge on any atom is -0.360 e. The predicted molar refractivity (Wildman–Crippen MR) is 103 cm³/mol. The maximum absolute atomic E-state index is 12.3. The highest BCUT2D eigenvalue weighted by Crippen LogP contribution is 2.26. The van der Waals surface area contributed by atoms with Crippen LogP contribution in [0.5, 0.6) is 0 Å². The number of rotatable bonds is 7. The molecule has 0 aliphatic rings. The van der Waals surface area contributed by atoms with Crippen LogP contribution >= 0.6 is 35.3 Å². The zero-order valence-corrected chi connectivity index (χ0v) is 15.8. The summed E-state index contributed by atoms with van der Waals surface area (Å²) in [7, 11) is 4.06. The van der Waals surface area contributed by atoms with Crippen molar-refractivity contribution in [2.45, 2.75) is 16.7 Å². The number of anilines is 1. The number of thiocarbonyl (C=S) groups is 1. The molecule has 2 rings (SSSR count). The van der Waals surface area contributed by atoms with E-state index in [1.54, 1.807) is 35.6 Å². The van der Waals surface area contributed by atoms with Crippen LogP contribution in [-0.4, -0.2) is 36.4 Å². The van der Waals surface area contributed by atoms with Crippen LogP contribution < -0.4 is 10.6 Å². The highest BCUT2D eigenvalue weighted by molar-refractivity contribution is 7.99. The normalized spacial score (nSPS) is 12.4. The van der Waals surface area contributed by atoms with Gasteiger partial charge in [0.15, 0.2) is 5.11 Å². The summed E-state index contributed by atoms with van der Waals surface area (Å²) in [6, 6.07) is 11.1. The maximum atomic E-state index is 12.3. The fourth-order valence-corrected chi connectivity index (χ4v) is 3.73. The molecule has 0 aliphatic heterocycles. The van der Waals surface area contributed by atoms with Crippen LogP contribution in [0.4, 0.5) is 14.5 Å². The topological polar surface area (TPSA) is 27.3 Å². The Morgan fingerprint density at radius 2 is 1.96 bits per heavy atom. The third-order valence-corrected chi connectivity index (χ3v) is 5.23. The molecule has 3 nitrogen and oxygen atoms in total. The van der Waals surface area contributed by atoms with E-state index in [0.29, 0.717) is 28.3 Å². The molecule has 0 aliphatic carbocycles. The monoisotopic (exact) mass is 387 g/mol. The maximum Gasteiger partial charge on any atom is 0.288 e. The fourth-order valence-electron chi connectivity index (χ4n) is 2.10. The molecule has 1 aromatic carbocycles. The Morgan fingerprint density at radius 1 is 1.25 bits per heavy atom. The van der Waals surface area contributed by atoms with Gasteiger partial charge in [0.05, 0.1) is 6.04 Å². The molecule has 1 atom stereocenters. The molecular formula is C16H19F2N3S3. The van der Waals surface area contributed by atoms with E-state index < -0.39 is 5.76 Å². The first-order valence-electron chi connectivity index (χ1n) is 7.25. The number of hydrogen-bond acceptors (Lipinski definition) is 4. The lowest BCUT2D eigenvalue weighted by Crippen LogP contribution is -2.36. The Bertz CT molecular complexity index is 631. The first kappa shape index (κ1) is 19.1. The molecule has 24 heavy (non-hydrogen) atoms. The van der Waals surface area contributed by atoms with Crippen molar-refractivity contribution in [1.29, 1.82) is 0 Å². The fraction of sp³-hybridized carbons (Fsp3) is 0.312. The Hall–Kier alpha value is -1.22. The average molecular weight is 388 g/mol. The van der Waals surface area contributed by atoms with E-state index in [4.69, 9.17) is 12.2 Å². The molecule has 0 unspecified atom stereocenters. The largest absolute Gasteiger partial charge is 0.360 e. The SMILES string of the molecule is CN(C)[C@H](CNC(=S)Nc1ccc(SC(F)F)cc1)c1cccs1. The Balaban J connectivity index is 1.86. The van der Waals surface area contributed by atoms with Gasteiger partial charge in [-0.15, -0.1) is 11.3 Å². The first-order chi connectivity index (χ1) is 11.5. The minimum absolute atomic E-state index is 0.231. The molecule has 0 radical (unpaired) electrons. The number of likely N-dealkylation sites (N-methyl/N-ethyl adjacent to an activating group) is 1. The number of nitrogens with one attached hydrogen (secondary N) is 2. The number of nitrogens with zero attached hydrogens (tertiary/aromatic N) is 1. The number of thiophene rings is 1. The number of benzene rings is 1. The average Bonchev–Trinajstić information content (AvgIpc) is 3.02. The summed E-state index contributed by atoms with van der Waals surface area (Å²) in [5.41, 5.74) is 0.767. The number of alkyl halides is 2. The van der Waals surface area contributed by atoms with Gasteiger partial charge in [-0.2, -0.15) is 8.78 Å². The lowest BCUT2D eigenvalue weighted by Gasteiger charge is -2.24. The lowest BCUT2D eigenvalue weighted by molar-refractivity contribution is 0.252. The Kier molecular flexibility index (Phi) is 7.41. The number of halogens is 2. The highest BCUT2D eigenvalue weighted by atomic mass is 32.2. The van der Waals surface area contributed by atoms with E-state index in [-0.39, 0.29) is 6.04 Å². The van der Waals surface area contributed by atoms with Gasteiger partial charge in [0.1, 0.15) is 0 Å². The zero-order valence-electron chi connectivity index (χ0n) is 13.3. The summed E-state index contributed by atoms with van der Waals surface area (Å²) < 4.78 is 24.6. The van der Waals surface area contributed by atoms with Gasteiger partial charge < -0.3 is 15.5 Å². The van der Waals surface area contributed by atoms with E-state index >= 15 is 0 Å². The summed E-state index contributed by atoms with van der Waals surface area (Å²) in [5.74, 6) is -2.41. The van der Waals surface area contributed by atoms with Gasteiger partial charge in [0, 0.05) is 22.0 Å². The van der Waals surface area contributed by atoms with E-state index in [0.717, 1.165) is 5.69 Å².